The zero-order valence-electron chi connectivity index (χ0n) is 9.07. The summed E-state index contributed by atoms with van der Waals surface area (Å²) in [5.41, 5.74) is 7.19. The first-order valence-corrected chi connectivity index (χ1v) is 5.22. The molecule has 0 spiro atoms. The Kier molecular flexibility index (Phi) is 4.37. The van der Waals surface area contributed by atoms with Crippen LogP contribution < -0.4 is 11.3 Å². The minimum atomic E-state index is -0.00861. The van der Waals surface area contributed by atoms with Crippen LogP contribution in [0.1, 0.15) is 24.8 Å². The molecule has 3 N–H and O–H groups in total. The van der Waals surface area contributed by atoms with Crippen molar-refractivity contribution in [2.75, 3.05) is 12.3 Å². The van der Waals surface area contributed by atoms with Gasteiger partial charge in [0.05, 0.1) is 5.69 Å². The molecular formula is C11H18N2O2. The highest BCUT2D eigenvalue weighted by atomic mass is 16.2. The zero-order chi connectivity index (χ0) is 11.3. The van der Waals surface area contributed by atoms with E-state index < -0.39 is 0 Å². The Hall–Kier alpha value is -1.29. The van der Waals surface area contributed by atoms with Crippen molar-refractivity contribution in [3.05, 3.63) is 28.2 Å². The van der Waals surface area contributed by atoms with Gasteiger partial charge in [-0.25, -0.2) is 0 Å². The van der Waals surface area contributed by atoms with Crippen molar-refractivity contribution in [2.45, 2.75) is 32.7 Å². The Morgan fingerprint density at radius 3 is 2.80 bits per heavy atom. The van der Waals surface area contributed by atoms with E-state index in [4.69, 9.17) is 10.8 Å². The average molecular weight is 210 g/mol. The van der Waals surface area contributed by atoms with Gasteiger partial charge in [-0.3, -0.25) is 4.79 Å². The Balaban J connectivity index is 2.61. The van der Waals surface area contributed by atoms with Crippen molar-refractivity contribution in [2.24, 2.45) is 0 Å². The first-order chi connectivity index (χ1) is 7.15. The maximum atomic E-state index is 11.5. The molecule has 0 bridgehead atoms. The fourth-order valence-corrected chi connectivity index (χ4v) is 1.43. The summed E-state index contributed by atoms with van der Waals surface area (Å²) in [5, 5.41) is 8.61. The fourth-order valence-electron chi connectivity index (χ4n) is 1.43. The number of aliphatic hydroxyl groups excluding tert-OH is 1. The van der Waals surface area contributed by atoms with E-state index in [1.54, 1.807) is 16.8 Å². The molecule has 0 amide bonds. The number of pyridine rings is 1. The zero-order valence-corrected chi connectivity index (χ0v) is 9.07. The Labute approximate surface area is 89.3 Å². The molecule has 0 saturated carbocycles. The number of aryl methyl sites for hydroxylation is 2. The number of nitrogens with two attached hydrogens (primary N) is 1. The van der Waals surface area contributed by atoms with Crippen LogP contribution in [0, 0.1) is 6.92 Å². The monoisotopic (exact) mass is 210 g/mol. The minimum absolute atomic E-state index is 0.00861. The van der Waals surface area contributed by atoms with Gasteiger partial charge >= 0.3 is 0 Å². The summed E-state index contributed by atoms with van der Waals surface area (Å²) in [4.78, 5) is 11.5. The standard InChI is InChI=1S/C11H18N2O2/c1-9-7-11(15)13(8-10(9)12)5-3-2-4-6-14/h7-8,14H,2-6,12H2,1H3. The topological polar surface area (TPSA) is 68.2 Å². The minimum Gasteiger partial charge on any atom is -0.397 e. The third kappa shape index (κ3) is 3.40. The lowest BCUT2D eigenvalue weighted by atomic mass is 10.2. The first-order valence-electron chi connectivity index (χ1n) is 5.22. The second kappa shape index (κ2) is 5.56. The predicted molar refractivity (Wildman–Crippen MR) is 60.8 cm³/mol. The molecule has 4 heteroatoms. The molecule has 0 aliphatic carbocycles. The molecule has 0 unspecified atom stereocenters. The summed E-state index contributed by atoms with van der Waals surface area (Å²) >= 11 is 0. The molecule has 1 heterocycles. The summed E-state index contributed by atoms with van der Waals surface area (Å²) in [5.74, 6) is 0. The summed E-state index contributed by atoms with van der Waals surface area (Å²) in [6, 6.07) is 1.56. The number of aliphatic hydroxyl groups is 1. The number of unbranched alkanes of at least 4 members (excludes halogenated alkanes) is 2. The lowest BCUT2D eigenvalue weighted by Gasteiger charge is -2.07. The second-order valence-corrected chi connectivity index (χ2v) is 3.73. The van der Waals surface area contributed by atoms with Gasteiger partial charge in [0.15, 0.2) is 0 Å². The fraction of sp³-hybridized carbons (Fsp3) is 0.545. The van der Waals surface area contributed by atoms with Crippen LogP contribution in [0.4, 0.5) is 5.69 Å². The van der Waals surface area contributed by atoms with E-state index >= 15 is 0 Å². The molecule has 1 aromatic heterocycles. The first kappa shape index (κ1) is 11.8. The van der Waals surface area contributed by atoms with Gasteiger partial charge in [-0.15, -0.1) is 0 Å². The van der Waals surface area contributed by atoms with E-state index in [0.717, 1.165) is 24.8 Å². The number of anilines is 1. The number of rotatable bonds is 5. The molecule has 15 heavy (non-hydrogen) atoms. The maximum Gasteiger partial charge on any atom is 0.250 e. The second-order valence-electron chi connectivity index (χ2n) is 3.73. The van der Waals surface area contributed by atoms with Gasteiger partial charge in [0.25, 0.3) is 5.56 Å². The Bertz CT molecular complexity index is 371. The lowest BCUT2D eigenvalue weighted by molar-refractivity contribution is 0.281. The lowest BCUT2D eigenvalue weighted by Crippen LogP contribution is -2.20. The van der Waals surface area contributed by atoms with Gasteiger partial charge in [-0.2, -0.15) is 0 Å². The molecule has 1 aromatic rings. The van der Waals surface area contributed by atoms with Crippen LogP contribution >= 0.6 is 0 Å². The van der Waals surface area contributed by atoms with Crippen molar-refractivity contribution in [1.29, 1.82) is 0 Å². The van der Waals surface area contributed by atoms with Gasteiger partial charge in [0.2, 0.25) is 0 Å². The van der Waals surface area contributed by atoms with E-state index in [-0.39, 0.29) is 12.2 Å². The summed E-state index contributed by atoms with van der Waals surface area (Å²) in [6.45, 7) is 2.71. The smallest absolute Gasteiger partial charge is 0.250 e. The Morgan fingerprint density at radius 1 is 1.40 bits per heavy atom. The maximum absolute atomic E-state index is 11.5. The van der Waals surface area contributed by atoms with Crippen LogP contribution in [0.15, 0.2) is 17.1 Å². The molecular weight excluding hydrogens is 192 g/mol. The number of hydrogen-bond donors (Lipinski definition) is 2. The van der Waals surface area contributed by atoms with E-state index in [1.165, 1.54) is 0 Å². The van der Waals surface area contributed by atoms with Crippen molar-refractivity contribution in [1.82, 2.24) is 4.57 Å². The van der Waals surface area contributed by atoms with E-state index in [2.05, 4.69) is 0 Å². The largest absolute Gasteiger partial charge is 0.397 e. The van der Waals surface area contributed by atoms with Crippen LogP contribution in [-0.4, -0.2) is 16.3 Å². The number of hydrogen-bond acceptors (Lipinski definition) is 3. The van der Waals surface area contributed by atoms with E-state index in [0.29, 0.717) is 12.2 Å². The van der Waals surface area contributed by atoms with Crippen LogP contribution in [0.2, 0.25) is 0 Å². The summed E-state index contributed by atoms with van der Waals surface area (Å²) in [6.07, 6.45) is 4.30. The molecule has 0 aromatic carbocycles. The van der Waals surface area contributed by atoms with Crippen LogP contribution in [0.3, 0.4) is 0 Å². The highest BCUT2D eigenvalue weighted by Gasteiger charge is 2.00. The summed E-state index contributed by atoms with van der Waals surface area (Å²) in [7, 11) is 0. The highest BCUT2D eigenvalue weighted by Crippen LogP contribution is 2.06. The molecule has 1 rings (SSSR count). The molecule has 0 aliphatic rings. The highest BCUT2D eigenvalue weighted by molar-refractivity contribution is 5.42. The van der Waals surface area contributed by atoms with Crippen molar-refractivity contribution < 1.29 is 5.11 Å². The van der Waals surface area contributed by atoms with Crippen molar-refractivity contribution in [3.8, 4) is 0 Å². The summed E-state index contributed by atoms with van der Waals surface area (Å²) < 4.78 is 1.62. The average Bonchev–Trinajstić information content (AvgIpc) is 2.20. The molecule has 0 atom stereocenters. The van der Waals surface area contributed by atoms with Gasteiger partial charge in [-0.1, -0.05) is 0 Å². The molecule has 0 radical (unpaired) electrons. The molecule has 0 aliphatic heterocycles. The normalized spacial score (nSPS) is 10.5. The third-order valence-corrected chi connectivity index (χ3v) is 2.43. The molecule has 4 nitrogen and oxygen atoms in total. The van der Waals surface area contributed by atoms with Crippen LogP contribution in [0.5, 0.6) is 0 Å². The van der Waals surface area contributed by atoms with E-state index in [1.807, 2.05) is 6.92 Å². The van der Waals surface area contributed by atoms with Crippen molar-refractivity contribution >= 4 is 5.69 Å². The number of nitrogens with zero attached hydrogens (tertiary/aromatic N) is 1. The van der Waals surface area contributed by atoms with E-state index in [9.17, 15) is 4.79 Å². The van der Waals surface area contributed by atoms with Crippen LogP contribution in [0.25, 0.3) is 0 Å². The molecule has 84 valence electrons. The number of nitrogen functional groups attached to an aromatic ring is 1. The molecule has 0 saturated heterocycles. The van der Waals surface area contributed by atoms with Gasteiger partial charge in [0, 0.05) is 25.4 Å². The Morgan fingerprint density at radius 2 is 2.13 bits per heavy atom. The van der Waals surface area contributed by atoms with Crippen LogP contribution in [-0.2, 0) is 6.54 Å². The van der Waals surface area contributed by atoms with Gasteiger partial charge < -0.3 is 15.4 Å². The van der Waals surface area contributed by atoms with Gasteiger partial charge in [0.1, 0.15) is 0 Å². The van der Waals surface area contributed by atoms with Crippen molar-refractivity contribution in [3.63, 3.8) is 0 Å². The molecule has 0 fully saturated rings. The predicted octanol–water partition coefficient (Wildman–Crippen LogP) is 0.902. The third-order valence-electron chi connectivity index (χ3n) is 2.43. The quantitative estimate of drug-likeness (QED) is 0.709. The number of aromatic nitrogens is 1. The van der Waals surface area contributed by atoms with Gasteiger partial charge in [-0.05, 0) is 31.7 Å². The SMILES string of the molecule is Cc1cc(=O)n(CCCCCO)cc1N.